The lowest BCUT2D eigenvalue weighted by molar-refractivity contribution is 0.962. The molecule has 0 amide bonds. The van der Waals surface area contributed by atoms with Gasteiger partial charge in [0.05, 0.1) is 0 Å². The van der Waals surface area contributed by atoms with E-state index in [1.807, 2.05) is 6.92 Å². The molecule has 0 fully saturated rings. The number of hydrogen-bond donors (Lipinski definition) is 1. The molecule has 3 aromatic rings. The first-order chi connectivity index (χ1) is 8.72. The highest BCUT2D eigenvalue weighted by Crippen LogP contribution is 2.33. The fourth-order valence-electron chi connectivity index (χ4n) is 1.53. The summed E-state index contributed by atoms with van der Waals surface area (Å²) in [4.78, 5) is 18.9. The van der Waals surface area contributed by atoms with Gasteiger partial charge in [0.15, 0.2) is 5.16 Å². The van der Waals surface area contributed by atoms with Crippen molar-refractivity contribution in [3.05, 3.63) is 29.4 Å². The molecule has 0 aromatic carbocycles. The second-order valence-electron chi connectivity index (χ2n) is 3.60. The molecule has 0 unspecified atom stereocenters. The number of nitrogens with zero attached hydrogens (tertiary/aromatic N) is 4. The van der Waals surface area contributed by atoms with E-state index in [9.17, 15) is 0 Å². The Morgan fingerprint density at radius 1 is 1.22 bits per heavy atom. The van der Waals surface area contributed by atoms with Crippen LogP contribution < -0.4 is 5.73 Å². The molecule has 0 saturated heterocycles. The molecule has 0 atom stereocenters. The van der Waals surface area contributed by atoms with E-state index in [-0.39, 0.29) is 5.95 Å². The number of anilines is 1. The molecule has 0 aliphatic carbocycles. The number of aryl methyl sites for hydroxylation is 1. The van der Waals surface area contributed by atoms with Gasteiger partial charge in [-0.1, -0.05) is 0 Å². The number of fused-ring (bicyclic) bond motifs is 1. The minimum absolute atomic E-state index is 0.280. The van der Waals surface area contributed by atoms with Crippen LogP contribution in [0.1, 0.15) is 4.88 Å². The molecule has 18 heavy (non-hydrogen) atoms. The van der Waals surface area contributed by atoms with Crippen LogP contribution in [0.15, 0.2) is 34.7 Å². The van der Waals surface area contributed by atoms with Crippen LogP contribution in [-0.2, 0) is 0 Å². The molecular formula is C11H9N5S2. The van der Waals surface area contributed by atoms with Gasteiger partial charge in [-0.05, 0) is 30.8 Å². The summed E-state index contributed by atoms with van der Waals surface area (Å²) < 4.78 is 0. The van der Waals surface area contributed by atoms with Gasteiger partial charge in [0.1, 0.15) is 9.86 Å². The minimum atomic E-state index is 0.280. The maximum Gasteiger partial charge on any atom is 0.222 e. The number of thiophene rings is 1. The summed E-state index contributed by atoms with van der Waals surface area (Å²) in [6.45, 7) is 2.04. The third kappa shape index (κ3) is 2.14. The van der Waals surface area contributed by atoms with Crippen molar-refractivity contribution in [1.29, 1.82) is 0 Å². The molecule has 3 rings (SSSR count). The van der Waals surface area contributed by atoms with Crippen molar-refractivity contribution < 1.29 is 0 Å². The van der Waals surface area contributed by atoms with E-state index in [4.69, 9.17) is 5.73 Å². The van der Waals surface area contributed by atoms with Crippen molar-refractivity contribution in [2.75, 3.05) is 5.73 Å². The standard InChI is InChI=1S/C11H9N5S2/c1-6-5-7-8(17-6)15-10(12)16-9(7)18-11-13-3-2-4-14-11/h2-5H,1H3,(H2,12,15,16). The zero-order chi connectivity index (χ0) is 12.5. The monoisotopic (exact) mass is 275 g/mol. The van der Waals surface area contributed by atoms with E-state index in [2.05, 4.69) is 26.0 Å². The highest BCUT2D eigenvalue weighted by atomic mass is 32.2. The average molecular weight is 275 g/mol. The second-order valence-corrected chi connectivity index (χ2v) is 5.79. The van der Waals surface area contributed by atoms with Crippen LogP contribution in [0.2, 0.25) is 0 Å². The van der Waals surface area contributed by atoms with Crippen LogP contribution in [0.3, 0.4) is 0 Å². The molecule has 3 aromatic heterocycles. The van der Waals surface area contributed by atoms with Gasteiger partial charge in [0.25, 0.3) is 0 Å². The molecule has 5 nitrogen and oxygen atoms in total. The van der Waals surface area contributed by atoms with Crippen LogP contribution in [0, 0.1) is 6.92 Å². The van der Waals surface area contributed by atoms with Crippen LogP contribution in [0.4, 0.5) is 5.95 Å². The van der Waals surface area contributed by atoms with E-state index in [1.54, 1.807) is 29.8 Å². The van der Waals surface area contributed by atoms with E-state index < -0.39 is 0 Å². The van der Waals surface area contributed by atoms with Crippen molar-refractivity contribution in [3.8, 4) is 0 Å². The zero-order valence-corrected chi connectivity index (χ0v) is 11.1. The lowest BCUT2D eigenvalue weighted by atomic mass is 10.4. The zero-order valence-electron chi connectivity index (χ0n) is 9.49. The van der Waals surface area contributed by atoms with Gasteiger partial charge < -0.3 is 5.73 Å². The summed E-state index contributed by atoms with van der Waals surface area (Å²) in [5.41, 5.74) is 5.72. The van der Waals surface area contributed by atoms with Crippen LogP contribution >= 0.6 is 23.1 Å². The molecule has 0 aliphatic rings. The fraction of sp³-hybridized carbons (Fsp3) is 0.0909. The Labute approximate surface area is 112 Å². The summed E-state index contributed by atoms with van der Waals surface area (Å²) >= 11 is 3.00. The van der Waals surface area contributed by atoms with Crippen molar-refractivity contribution in [2.24, 2.45) is 0 Å². The highest BCUT2D eigenvalue weighted by Gasteiger charge is 2.11. The number of hydrogen-bond acceptors (Lipinski definition) is 7. The molecule has 0 aliphatic heterocycles. The number of nitrogen functional groups attached to an aromatic ring is 1. The first-order valence-electron chi connectivity index (χ1n) is 5.21. The summed E-state index contributed by atoms with van der Waals surface area (Å²) in [6, 6.07) is 3.84. The van der Waals surface area contributed by atoms with E-state index in [0.717, 1.165) is 15.2 Å². The predicted octanol–water partition coefficient (Wildman–Crippen LogP) is 2.52. The largest absolute Gasteiger partial charge is 0.368 e. The molecule has 3 heterocycles. The molecular weight excluding hydrogens is 266 g/mol. The average Bonchev–Trinajstić information content (AvgIpc) is 2.71. The van der Waals surface area contributed by atoms with Gasteiger partial charge in [-0.15, -0.1) is 11.3 Å². The summed E-state index contributed by atoms with van der Waals surface area (Å²) in [5.74, 6) is 0.280. The maximum atomic E-state index is 5.72. The molecule has 90 valence electrons. The maximum absolute atomic E-state index is 5.72. The van der Waals surface area contributed by atoms with Gasteiger partial charge in [0.2, 0.25) is 5.95 Å². The molecule has 0 radical (unpaired) electrons. The Bertz CT molecular complexity index is 695. The van der Waals surface area contributed by atoms with Gasteiger partial charge >= 0.3 is 0 Å². The van der Waals surface area contributed by atoms with E-state index in [1.165, 1.54) is 16.6 Å². The Hall–Kier alpha value is -1.73. The summed E-state index contributed by atoms with van der Waals surface area (Å²) in [7, 11) is 0. The molecule has 0 bridgehead atoms. The highest BCUT2D eigenvalue weighted by molar-refractivity contribution is 7.99. The summed E-state index contributed by atoms with van der Waals surface area (Å²) in [6.07, 6.45) is 3.41. The van der Waals surface area contributed by atoms with Crippen molar-refractivity contribution in [1.82, 2.24) is 19.9 Å². The van der Waals surface area contributed by atoms with Crippen LogP contribution in [0.5, 0.6) is 0 Å². The second kappa shape index (κ2) is 4.51. The summed E-state index contributed by atoms with van der Waals surface area (Å²) in [5, 5.41) is 2.46. The fourth-order valence-corrected chi connectivity index (χ4v) is 3.29. The third-order valence-corrected chi connectivity index (χ3v) is 4.07. The number of nitrogens with two attached hydrogens (primary N) is 1. The Morgan fingerprint density at radius 3 is 2.78 bits per heavy atom. The van der Waals surface area contributed by atoms with Crippen LogP contribution in [-0.4, -0.2) is 19.9 Å². The van der Waals surface area contributed by atoms with Crippen molar-refractivity contribution >= 4 is 39.3 Å². The molecule has 0 saturated carbocycles. The van der Waals surface area contributed by atoms with Gasteiger partial charge in [0, 0.05) is 22.7 Å². The van der Waals surface area contributed by atoms with Gasteiger partial charge in [-0.25, -0.2) is 19.9 Å². The third-order valence-electron chi connectivity index (χ3n) is 2.23. The van der Waals surface area contributed by atoms with E-state index in [0.29, 0.717) is 5.16 Å². The minimum Gasteiger partial charge on any atom is -0.368 e. The van der Waals surface area contributed by atoms with E-state index >= 15 is 0 Å². The molecule has 0 spiro atoms. The van der Waals surface area contributed by atoms with Crippen molar-refractivity contribution in [2.45, 2.75) is 17.1 Å². The quantitative estimate of drug-likeness (QED) is 0.572. The molecule has 2 N–H and O–H groups in total. The molecule has 7 heteroatoms. The Kier molecular flexibility index (Phi) is 2.85. The number of rotatable bonds is 2. The lowest BCUT2D eigenvalue weighted by Gasteiger charge is -2.01. The van der Waals surface area contributed by atoms with Crippen molar-refractivity contribution in [3.63, 3.8) is 0 Å². The van der Waals surface area contributed by atoms with Crippen LogP contribution in [0.25, 0.3) is 10.2 Å². The SMILES string of the molecule is Cc1cc2c(Sc3ncccn3)nc(N)nc2s1. The first kappa shape index (κ1) is 11.4. The topological polar surface area (TPSA) is 77.6 Å². The normalized spacial score (nSPS) is 10.9. The predicted molar refractivity (Wildman–Crippen MR) is 72.7 cm³/mol. The number of aromatic nitrogens is 4. The van der Waals surface area contributed by atoms with Gasteiger partial charge in [-0.3, -0.25) is 0 Å². The van der Waals surface area contributed by atoms with Gasteiger partial charge in [-0.2, -0.15) is 0 Å². The smallest absolute Gasteiger partial charge is 0.222 e. The lowest BCUT2D eigenvalue weighted by Crippen LogP contribution is -1.96. The Balaban J connectivity index is 2.10. The Morgan fingerprint density at radius 2 is 2.00 bits per heavy atom. The first-order valence-corrected chi connectivity index (χ1v) is 6.84.